The highest BCUT2D eigenvalue weighted by molar-refractivity contribution is 5.77. The van der Waals surface area contributed by atoms with Gasteiger partial charge in [-0.2, -0.15) is 5.26 Å². The van der Waals surface area contributed by atoms with Gasteiger partial charge in [-0.05, 0) is 74.3 Å². The van der Waals surface area contributed by atoms with Crippen molar-refractivity contribution in [2.24, 2.45) is 5.92 Å². The van der Waals surface area contributed by atoms with Gasteiger partial charge < -0.3 is 14.5 Å². The largest absolute Gasteiger partial charge is 0.378 e. The third-order valence-electron chi connectivity index (χ3n) is 8.10. The van der Waals surface area contributed by atoms with Crippen LogP contribution in [0.2, 0.25) is 0 Å². The number of ether oxygens (including phenoxy) is 1. The Morgan fingerprint density at radius 1 is 1.22 bits per heavy atom. The van der Waals surface area contributed by atoms with Gasteiger partial charge in [0.2, 0.25) is 5.91 Å². The van der Waals surface area contributed by atoms with Gasteiger partial charge in [0.05, 0.1) is 29.1 Å². The first-order valence-electron chi connectivity index (χ1n) is 13.3. The summed E-state index contributed by atoms with van der Waals surface area (Å²) in [4.78, 5) is 27.0. The van der Waals surface area contributed by atoms with Crippen LogP contribution in [-0.2, 0) is 9.53 Å². The molecular formula is C29H33N5O2. The monoisotopic (exact) mass is 483 g/mol. The van der Waals surface area contributed by atoms with Crippen LogP contribution in [0.25, 0.3) is 17.2 Å². The Balaban J connectivity index is 1.27. The molecule has 0 radical (unpaired) electrons. The van der Waals surface area contributed by atoms with E-state index >= 15 is 0 Å². The summed E-state index contributed by atoms with van der Waals surface area (Å²) in [5.41, 5.74) is 4.54. The van der Waals surface area contributed by atoms with E-state index in [0.717, 1.165) is 67.2 Å². The maximum absolute atomic E-state index is 13.1. The van der Waals surface area contributed by atoms with Crippen molar-refractivity contribution in [3.63, 3.8) is 0 Å². The van der Waals surface area contributed by atoms with Gasteiger partial charge in [0.25, 0.3) is 0 Å². The second-order valence-corrected chi connectivity index (χ2v) is 10.6. The van der Waals surface area contributed by atoms with Crippen LogP contribution < -0.4 is 4.90 Å². The first-order valence-corrected chi connectivity index (χ1v) is 13.3. The van der Waals surface area contributed by atoms with Gasteiger partial charge in [-0.1, -0.05) is 6.58 Å². The van der Waals surface area contributed by atoms with Crippen LogP contribution in [-0.4, -0.2) is 59.2 Å². The van der Waals surface area contributed by atoms with E-state index < -0.39 is 0 Å². The van der Waals surface area contributed by atoms with E-state index in [1.807, 2.05) is 18.2 Å². The van der Waals surface area contributed by atoms with E-state index in [4.69, 9.17) is 9.72 Å². The summed E-state index contributed by atoms with van der Waals surface area (Å²) in [6, 6.07) is 8.63. The third kappa shape index (κ3) is 4.62. The number of rotatable bonds is 8. The van der Waals surface area contributed by atoms with Crippen LogP contribution in [0.4, 0.5) is 5.82 Å². The molecule has 2 saturated heterocycles. The molecule has 0 aromatic carbocycles. The summed E-state index contributed by atoms with van der Waals surface area (Å²) in [6.07, 6.45) is 10.9. The molecule has 7 nitrogen and oxygen atoms in total. The minimum absolute atomic E-state index is 0.196. The topological polar surface area (TPSA) is 82.4 Å². The van der Waals surface area contributed by atoms with Crippen molar-refractivity contribution in [2.45, 2.75) is 63.0 Å². The number of carbonyl (C=O) groups excluding carboxylic acids is 1. The maximum atomic E-state index is 13.1. The van der Waals surface area contributed by atoms with Gasteiger partial charge in [-0.3, -0.25) is 9.78 Å². The summed E-state index contributed by atoms with van der Waals surface area (Å²) in [5.74, 6) is 2.02. The van der Waals surface area contributed by atoms with Gasteiger partial charge in [0.15, 0.2) is 0 Å². The van der Waals surface area contributed by atoms with Gasteiger partial charge in [-0.25, -0.2) is 4.98 Å². The first kappa shape index (κ1) is 23.2. The molecule has 2 aliphatic heterocycles. The zero-order valence-electron chi connectivity index (χ0n) is 20.7. The minimum Gasteiger partial charge on any atom is -0.378 e. The lowest BCUT2D eigenvalue weighted by Crippen LogP contribution is -2.56. The first-order chi connectivity index (χ1) is 17.6. The van der Waals surface area contributed by atoms with Crippen molar-refractivity contribution in [3.05, 3.63) is 47.9 Å². The Bertz CT molecular complexity index is 1210. The van der Waals surface area contributed by atoms with Crippen molar-refractivity contribution in [3.8, 4) is 17.2 Å². The van der Waals surface area contributed by atoms with Crippen LogP contribution in [0.3, 0.4) is 0 Å². The molecule has 2 unspecified atom stereocenters. The van der Waals surface area contributed by atoms with Crippen LogP contribution in [0.15, 0.2) is 31.0 Å². The average Bonchev–Trinajstić information content (AvgIpc) is 3.80. The molecule has 2 saturated carbocycles. The molecule has 2 aliphatic carbocycles. The molecule has 2 aromatic rings. The number of aromatic nitrogens is 2. The van der Waals surface area contributed by atoms with Crippen molar-refractivity contribution < 1.29 is 9.53 Å². The standard InChI is InChI=1S/C29H33N5O2/c1-2-23-15-21(9-11-31-23)25-16-22(17-30)29(32-28(25)20-5-6-20)33-12-13-34(26(18-33)19-3-4-19)27(35)8-7-24-10-14-36-24/h2,9,11,15-16,19-20,24,26H,1,3-8,10,12-14,18H2. The van der Waals surface area contributed by atoms with Crippen molar-refractivity contribution in [1.82, 2.24) is 14.9 Å². The third-order valence-corrected chi connectivity index (χ3v) is 8.10. The normalized spacial score (nSPS) is 23.6. The van der Waals surface area contributed by atoms with E-state index in [2.05, 4.69) is 27.4 Å². The Morgan fingerprint density at radius 3 is 2.72 bits per heavy atom. The average molecular weight is 484 g/mol. The van der Waals surface area contributed by atoms with Gasteiger partial charge >= 0.3 is 0 Å². The molecule has 0 bridgehead atoms. The lowest BCUT2D eigenvalue weighted by Gasteiger charge is -2.43. The Labute approximate surface area is 212 Å². The Kier molecular flexibility index (Phi) is 6.22. The molecule has 2 aromatic heterocycles. The number of hydrogen-bond acceptors (Lipinski definition) is 6. The number of hydrogen-bond donors (Lipinski definition) is 0. The van der Waals surface area contributed by atoms with Crippen molar-refractivity contribution in [1.29, 1.82) is 5.26 Å². The highest BCUT2D eigenvalue weighted by Crippen LogP contribution is 2.45. The van der Waals surface area contributed by atoms with Crippen LogP contribution in [0, 0.1) is 17.2 Å². The van der Waals surface area contributed by atoms with Gasteiger partial charge in [0.1, 0.15) is 11.9 Å². The molecule has 4 fully saturated rings. The van der Waals surface area contributed by atoms with Crippen LogP contribution in [0.5, 0.6) is 0 Å². The molecule has 7 heteroatoms. The second-order valence-electron chi connectivity index (χ2n) is 10.6. The molecule has 2 atom stereocenters. The fraction of sp³-hybridized carbons (Fsp3) is 0.517. The fourth-order valence-electron chi connectivity index (χ4n) is 5.60. The fourth-order valence-corrected chi connectivity index (χ4v) is 5.60. The lowest BCUT2D eigenvalue weighted by atomic mass is 9.98. The van der Waals surface area contributed by atoms with E-state index in [1.165, 1.54) is 12.8 Å². The SMILES string of the molecule is C=Cc1cc(-c2cc(C#N)c(N3CCN(C(=O)CCC4CCO4)C(C4CC4)C3)nc2C2CC2)ccn1. The Hall–Kier alpha value is -3.24. The zero-order chi connectivity index (χ0) is 24.6. The van der Waals surface area contributed by atoms with E-state index in [0.29, 0.717) is 36.9 Å². The molecule has 0 N–H and O–H groups in total. The minimum atomic E-state index is 0.196. The molecule has 6 rings (SSSR count). The molecule has 186 valence electrons. The molecule has 1 amide bonds. The van der Waals surface area contributed by atoms with Crippen LogP contribution >= 0.6 is 0 Å². The highest BCUT2D eigenvalue weighted by Gasteiger charge is 2.42. The maximum Gasteiger partial charge on any atom is 0.223 e. The molecule has 4 heterocycles. The summed E-state index contributed by atoms with van der Waals surface area (Å²) >= 11 is 0. The number of nitrogens with zero attached hydrogens (tertiary/aromatic N) is 5. The number of pyridine rings is 2. The highest BCUT2D eigenvalue weighted by atomic mass is 16.5. The number of amides is 1. The van der Waals surface area contributed by atoms with Gasteiger partial charge in [-0.15, -0.1) is 0 Å². The predicted molar refractivity (Wildman–Crippen MR) is 138 cm³/mol. The number of carbonyl (C=O) groups is 1. The number of piperazine rings is 1. The molecule has 0 spiro atoms. The smallest absolute Gasteiger partial charge is 0.223 e. The summed E-state index contributed by atoms with van der Waals surface area (Å²) in [7, 11) is 0. The number of anilines is 1. The molecule has 4 aliphatic rings. The van der Waals surface area contributed by atoms with Crippen LogP contribution in [0.1, 0.15) is 67.8 Å². The van der Waals surface area contributed by atoms with Gasteiger partial charge in [0, 0.05) is 50.3 Å². The van der Waals surface area contributed by atoms with Crippen molar-refractivity contribution in [2.75, 3.05) is 31.1 Å². The number of nitriles is 1. The lowest BCUT2D eigenvalue weighted by molar-refractivity contribution is -0.136. The second kappa shape index (κ2) is 9.67. The Morgan fingerprint density at radius 2 is 2.06 bits per heavy atom. The molecular weight excluding hydrogens is 450 g/mol. The van der Waals surface area contributed by atoms with E-state index in [-0.39, 0.29) is 18.1 Å². The van der Waals surface area contributed by atoms with E-state index in [1.54, 1.807) is 12.3 Å². The summed E-state index contributed by atoms with van der Waals surface area (Å²) in [6.45, 7) is 6.81. The zero-order valence-corrected chi connectivity index (χ0v) is 20.7. The summed E-state index contributed by atoms with van der Waals surface area (Å²) in [5, 5.41) is 10.1. The predicted octanol–water partition coefficient (Wildman–Crippen LogP) is 4.53. The van der Waals surface area contributed by atoms with E-state index in [9.17, 15) is 10.1 Å². The summed E-state index contributed by atoms with van der Waals surface area (Å²) < 4.78 is 5.52. The quantitative estimate of drug-likeness (QED) is 0.549. The molecule has 36 heavy (non-hydrogen) atoms. The van der Waals surface area contributed by atoms with Crippen molar-refractivity contribution >= 4 is 17.8 Å².